The normalized spacial score (nSPS) is 10.2. The summed E-state index contributed by atoms with van der Waals surface area (Å²) in [4.78, 5) is 23.6. The highest BCUT2D eigenvalue weighted by Gasteiger charge is 2.13. The maximum absolute atomic E-state index is 11.8. The topological polar surface area (TPSA) is 60.3 Å². The fraction of sp³-hybridized carbons (Fsp3) is 0.200. The molecule has 0 bridgehead atoms. The number of nitrogens with one attached hydrogen (secondary N) is 1. The highest BCUT2D eigenvalue weighted by atomic mass is 79.9. The number of anilines is 1. The number of amides is 1. The van der Waals surface area contributed by atoms with Gasteiger partial charge in [-0.25, -0.2) is 4.79 Å². The number of aromatic nitrogens is 1. The summed E-state index contributed by atoms with van der Waals surface area (Å²) in [6, 6.07) is 8.89. The van der Waals surface area contributed by atoms with Crippen molar-refractivity contribution in [2.24, 2.45) is 7.05 Å². The first-order valence-electron chi connectivity index (χ1n) is 6.32. The molecule has 5 nitrogen and oxygen atoms in total. The van der Waals surface area contributed by atoms with Crippen LogP contribution in [0.4, 0.5) is 5.69 Å². The Kier molecular flexibility index (Phi) is 4.80. The number of esters is 1. The van der Waals surface area contributed by atoms with Gasteiger partial charge in [-0.05, 0) is 42.8 Å². The third-order valence-corrected chi connectivity index (χ3v) is 3.44. The number of carbonyl (C=O) groups is 2. The lowest BCUT2D eigenvalue weighted by molar-refractivity contribution is -0.119. The van der Waals surface area contributed by atoms with Crippen LogP contribution in [-0.4, -0.2) is 23.1 Å². The van der Waals surface area contributed by atoms with Gasteiger partial charge in [0.2, 0.25) is 0 Å². The zero-order valence-electron chi connectivity index (χ0n) is 11.7. The molecule has 0 saturated heterocycles. The highest BCUT2D eigenvalue weighted by molar-refractivity contribution is 9.10. The molecule has 0 spiro atoms. The van der Waals surface area contributed by atoms with E-state index in [1.807, 2.05) is 19.1 Å². The van der Waals surface area contributed by atoms with Crippen molar-refractivity contribution in [1.82, 2.24) is 4.57 Å². The molecule has 110 valence electrons. The van der Waals surface area contributed by atoms with Crippen LogP contribution in [-0.2, 0) is 16.6 Å². The molecule has 0 radical (unpaired) electrons. The minimum atomic E-state index is -0.523. The first-order chi connectivity index (χ1) is 9.97. The Hall–Kier alpha value is -2.08. The van der Waals surface area contributed by atoms with E-state index in [4.69, 9.17) is 4.74 Å². The van der Waals surface area contributed by atoms with Gasteiger partial charge in [0.25, 0.3) is 5.91 Å². The Morgan fingerprint density at radius 1 is 1.33 bits per heavy atom. The Balaban J connectivity index is 1.90. The standard InChI is InChI=1S/C15H15BrN2O3/c1-10-8-11(16)5-6-12(10)17-14(19)9-21-15(20)13-4-3-7-18(13)2/h3-8H,9H2,1-2H3,(H,17,19). The quantitative estimate of drug-likeness (QED) is 0.862. The van der Waals surface area contributed by atoms with Crippen molar-refractivity contribution < 1.29 is 14.3 Å². The monoisotopic (exact) mass is 350 g/mol. The second-order valence-electron chi connectivity index (χ2n) is 4.59. The van der Waals surface area contributed by atoms with Crippen LogP contribution in [0.5, 0.6) is 0 Å². The molecule has 0 aliphatic heterocycles. The molecule has 0 fully saturated rings. The number of hydrogen-bond acceptors (Lipinski definition) is 3. The summed E-state index contributed by atoms with van der Waals surface area (Å²) in [6.07, 6.45) is 1.74. The van der Waals surface area contributed by atoms with Crippen LogP contribution >= 0.6 is 15.9 Å². The summed E-state index contributed by atoms with van der Waals surface area (Å²) in [6.45, 7) is 1.57. The molecule has 6 heteroatoms. The van der Waals surface area contributed by atoms with Gasteiger partial charge in [-0.1, -0.05) is 15.9 Å². The van der Waals surface area contributed by atoms with Crippen LogP contribution in [0.25, 0.3) is 0 Å². The summed E-state index contributed by atoms with van der Waals surface area (Å²) >= 11 is 3.36. The highest BCUT2D eigenvalue weighted by Crippen LogP contribution is 2.19. The summed E-state index contributed by atoms with van der Waals surface area (Å²) in [5, 5.41) is 2.71. The zero-order chi connectivity index (χ0) is 15.4. The van der Waals surface area contributed by atoms with Crippen molar-refractivity contribution in [2.75, 3.05) is 11.9 Å². The van der Waals surface area contributed by atoms with Crippen LogP contribution in [0, 0.1) is 6.92 Å². The van der Waals surface area contributed by atoms with E-state index in [1.165, 1.54) is 0 Å². The Morgan fingerprint density at radius 2 is 2.10 bits per heavy atom. The molecule has 1 aromatic heterocycles. The van der Waals surface area contributed by atoms with Crippen molar-refractivity contribution in [3.8, 4) is 0 Å². The van der Waals surface area contributed by atoms with E-state index in [9.17, 15) is 9.59 Å². The largest absolute Gasteiger partial charge is 0.451 e. The summed E-state index contributed by atoms with van der Waals surface area (Å²) in [5.41, 5.74) is 2.02. The average Bonchev–Trinajstić information content (AvgIpc) is 2.85. The third kappa shape index (κ3) is 3.95. The first kappa shape index (κ1) is 15.3. The molecule has 21 heavy (non-hydrogen) atoms. The van der Waals surface area contributed by atoms with Crippen molar-refractivity contribution in [2.45, 2.75) is 6.92 Å². The maximum atomic E-state index is 11.8. The van der Waals surface area contributed by atoms with Crippen LogP contribution in [0.1, 0.15) is 16.1 Å². The molecule has 1 amide bonds. The molecule has 1 N–H and O–H groups in total. The van der Waals surface area contributed by atoms with E-state index in [2.05, 4.69) is 21.2 Å². The number of hydrogen-bond donors (Lipinski definition) is 1. The fourth-order valence-electron chi connectivity index (χ4n) is 1.83. The molecule has 0 atom stereocenters. The molecule has 2 rings (SSSR count). The van der Waals surface area contributed by atoms with Gasteiger partial charge in [0.05, 0.1) is 0 Å². The van der Waals surface area contributed by atoms with Crippen molar-refractivity contribution in [3.63, 3.8) is 0 Å². The molecule has 0 aliphatic rings. The summed E-state index contributed by atoms with van der Waals surface area (Å²) in [5.74, 6) is -0.895. The van der Waals surface area contributed by atoms with E-state index in [1.54, 1.807) is 36.0 Å². The Bertz CT molecular complexity index is 679. The maximum Gasteiger partial charge on any atom is 0.355 e. The number of aryl methyl sites for hydroxylation is 2. The van der Waals surface area contributed by atoms with Crippen LogP contribution in [0.2, 0.25) is 0 Å². The van der Waals surface area contributed by atoms with E-state index in [0.717, 1.165) is 10.0 Å². The molecule has 0 aliphatic carbocycles. The van der Waals surface area contributed by atoms with Gasteiger partial charge in [-0.2, -0.15) is 0 Å². The first-order valence-corrected chi connectivity index (χ1v) is 7.11. The van der Waals surface area contributed by atoms with Gasteiger partial charge >= 0.3 is 5.97 Å². The van der Waals surface area contributed by atoms with E-state index in [-0.39, 0.29) is 12.5 Å². The van der Waals surface area contributed by atoms with Gasteiger partial charge in [-0.3, -0.25) is 4.79 Å². The molecule has 2 aromatic rings. The lowest BCUT2D eigenvalue weighted by Gasteiger charge is -2.09. The van der Waals surface area contributed by atoms with Gasteiger partial charge < -0.3 is 14.6 Å². The Morgan fingerprint density at radius 3 is 2.71 bits per heavy atom. The molecule has 0 unspecified atom stereocenters. The van der Waals surface area contributed by atoms with E-state index in [0.29, 0.717) is 11.4 Å². The number of rotatable bonds is 4. The van der Waals surface area contributed by atoms with Crippen molar-refractivity contribution >= 4 is 33.5 Å². The summed E-state index contributed by atoms with van der Waals surface area (Å²) in [7, 11) is 1.74. The molecular formula is C15H15BrN2O3. The Labute approximate surface area is 131 Å². The zero-order valence-corrected chi connectivity index (χ0v) is 13.3. The number of halogens is 1. The smallest absolute Gasteiger partial charge is 0.355 e. The predicted molar refractivity (Wildman–Crippen MR) is 83.2 cm³/mol. The number of benzene rings is 1. The molecule has 0 saturated carbocycles. The minimum Gasteiger partial charge on any atom is -0.451 e. The lowest BCUT2D eigenvalue weighted by atomic mass is 10.2. The molecule has 1 aromatic carbocycles. The van der Waals surface area contributed by atoms with Gasteiger partial charge in [0.1, 0.15) is 5.69 Å². The second kappa shape index (κ2) is 6.58. The van der Waals surface area contributed by atoms with E-state index >= 15 is 0 Å². The average molecular weight is 351 g/mol. The van der Waals surface area contributed by atoms with Gasteiger partial charge in [0, 0.05) is 23.4 Å². The number of ether oxygens (including phenoxy) is 1. The van der Waals surface area contributed by atoms with Crippen LogP contribution < -0.4 is 5.32 Å². The SMILES string of the molecule is Cc1cc(Br)ccc1NC(=O)COC(=O)c1cccn1C. The number of carbonyl (C=O) groups excluding carboxylic acids is 2. The number of nitrogens with zero attached hydrogens (tertiary/aromatic N) is 1. The molecular weight excluding hydrogens is 336 g/mol. The van der Waals surface area contributed by atoms with Crippen molar-refractivity contribution in [1.29, 1.82) is 0 Å². The predicted octanol–water partition coefficient (Wildman–Crippen LogP) is 2.89. The van der Waals surface area contributed by atoms with E-state index < -0.39 is 5.97 Å². The minimum absolute atomic E-state index is 0.320. The van der Waals surface area contributed by atoms with Crippen molar-refractivity contribution in [3.05, 3.63) is 52.3 Å². The second-order valence-corrected chi connectivity index (χ2v) is 5.50. The fourth-order valence-corrected chi connectivity index (χ4v) is 2.31. The van der Waals surface area contributed by atoms with Crippen LogP contribution in [0.3, 0.4) is 0 Å². The van der Waals surface area contributed by atoms with Gasteiger partial charge in [-0.15, -0.1) is 0 Å². The van der Waals surface area contributed by atoms with Crippen LogP contribution in [0.15, 0.2) is 41.0 Å². The third-order valence-electron chi connectivity index (χ3n) is 2.95. The molecule has 1 heterocycles. The van der Waals surface area contributed by atoms with Gasteiger partial charge in [0.15, 0.2) is 6.61 Å². The summed E-state index contributed by atoms with van der Waals surface area (Å²) < 4.78 is 7.56. The lowest BCUT2D eigenvalue weighted by Crippen LogP contribution is -2.22.